The zero-order valence-electron chi connectivity index (χ0n) is 23.6. The zero-order valence-corrected chi connectivity index (χ0v) is 23.6. The van der Waals surface area contributed by atoms with E-state index in [1.54, 1.807) is 0 Å². The Bertz CT molecular complexity index is 1980. The molecule has 0 aliphatic carbocycles. The zero-order chi connectivity index (χ0) is 26.5. The average molecular weight is 514 g/mol. The Morgan fingerprint density at radius 2 is 0.744 bits per heavy atom. The quantitative estimate of drug-likeness (QED) is 0.182. The molecule has 0 radical (unpaired) electrons. The molecule has 0 bridgehead atoms. The molecule has 0 amide bonds. The summed E-state index contributed by atoms with van der Waals surface area (Å²) in [6.07, 6.45) is 7.11. The van der Waals surface area contributed by atoms with Crippen LogP contribution in [0.5, 0.6) is 0 Å². The van der Waals surface area contributed by atoms with Crippen LogP contribution in [0.2, 0.25) is 0 Å². The van der Waals surface area contributed by atoms with Crippen LogP contribution in [0.3, 0.4) is 0 Å². The summed E-state index contributed by atoms with van der Waals surface area (Å²) < 4.78 is 7.99. The Morgan fingerprint density at radius 1 is 0.410 bits per heavy atom. The molecule has 4 aromatic carbocycles. The van der Waals surface area contributed by atoms with Gasteiger partial charge in [0.2, 0.25) is 0 Å². The molecule has 7 rings (SSSR count). The molecule has 0 saturated carbocycles. The van der Waals surface area contributed by atoms with Gasteiger partial charge in [0.1, 0.15) is 0 Å². The van der Waals surface area contributed by atoms with Gasteiger partial charge in [0.25, 0.3) is 0 Å². The lowest BCUT2D eigenvalue weighted by Crippen LogP contribution is -2.03. The number of nitrogens with zero attached hydrogens (tertiary/aromatic N) is 3. The van der Waals surface area contributed by atoms with E-state index in [2.05, 4.69) is 107 Å². The van der Waals surface area contributed by atoms with Crippen molar-refractivity contribution in [2.45, 2.75) is 78.9 Å². The predicted molar refractivity (Wildman–Crippen MR) is 170 cm³/mol. The maximum atomic E-state index is 2.67. The van der Waals surface area contributed by atoms with E-state index in [1.165, 1.54) is 104 Å². The van der Waals surface area contributed by atoms with Crippen molar-refractivity contribution in [2.75, 3.05) is 0 Å². The van der Waals surface area contributed by atoms with Crippen molar-refractivity contribution in [2.24, 2.45) is 0 Å². The van der Waals surface area contributed by atoms with Crippen molar-refractivity contribution in [3.63, 3.8) is 0 Å². The van der Waals surface area contributed by atoms with Gasteiger partial charge in [-0.1, -0.05) is 94.6 Å². The summed E-state index contributed by atoms with van der Waals surface area (Å²) >= 11 is 0. The highest BCUT2D eigenvalue weighted by atomic mass is 15.0. The van der Waals surface area contributed by atoms with Crippen LogP contribution >= 0.6 is 0 Å². The molecule has 0 atom stereocenters. The number of hydrogen-bond acceptors (Lipinski definition) is 0. The number of fused-ring (bicyclic) bond motifs is 12. The van der Waals surface area contributed by atoms with Gasteiger partial charge in [-0.2, -0.15) is 0 Å². The Balaban J connectivity index is 1.84. The summed E-state index contributed by atoms with van der Waals surface area (Å²) in [7, 11) is 0. The SMILES string of the molecule is CCCCn1c2ccccc2c2c3c4ccccc4n(CCCC)c3c3c(c4ccccc4n3CCCC)c21. The Morgan fingerprint density at radius 3 is 1.18 bits per heavy atom. The summed E-state index contributed by atoms with van der Waals surface area (Å²) in [5, 5.41) is 8.49. The molecule has 0 aliphatic heterocycles. The first-order valence-electron chi connectivity index (χ1n) is 15.1. The van der Waals surface area contributed by atoms with Crippen LogP contribution in [-0.4, -0.2) is 13.7 Å². The van der Waals surface area contributed by atoms with Crippen molar-refractivity contribution < 1.29 is 0 Å². The smallest absolute Gasteiger partial charge is 0.0760 e. The molecule has 0 N–H and O–H groups in total. The number of unbranched alkanes of at least 4 members (excludes halogenated alkanes) is 3. The Hall–Kier alpha value is -3.72. The van der Waals surface area contributed by atoms with E-state index >= 15 is 0 Å². The van der Waals surface area contributed by atoms with Crippen LogP contribution in [0, 0.1) is 0 Å². The van der Waals surface area contributed by atoms with Crippen LogP contribution in [-0.2, 0) is 19.6 Å². The molecule has 3 aromatic heterocycles. The van der Waals surface area contributed by atoms with Crippen molar-refractivity contribution in [3.05, 3.63) is 72.8 Å². The minimum atomic E-state index is 1.05. The molecule has 7 aromatic rings. The van der Waals surface area contributed by atoms with Crippen LogP contribution in [0.15, 0.2) is 72.8 Å². The predicted octanol–water partition coefficient (Wildman–Crippen LogP) is 10.4. The van der Waals surface area contributed by atoms with E-state index < -0.39 is 0 Å². The standard InChI is InChI=1S/C36H39N3/c1-4-7-22-37-28-19-13-10-16-25(28)31-32-26-17-11-14-20-29(26)38(23-8-5-2)35(32)36-33(34(31)37)27-18-12-15-21-30(27)39(36)24-9-6-3/h10-21H,4-9,22-24H2,1-3H3. The van der Waals surface area contributed by atoms with Crippen molar-refractivity contribution >= 4 is 65.4 Å². The fraction of sp³-hybridized carbons (Fsp3) is 0.333. The third kappa shape index (κ3) is 3.48. The molecule has 3 heterocycles. The third-order valence-electron chi connectivity index (χ3n) is 8.83. The first-order valence-corrected chi connectivity index (χ1v) is 15.1. The average Bonchev–Trinajstić information content (AvgIpc) is 3.59. The number of aromatic nitrogens is 3. The van der Waals surface area contributed by atoms with Gasteiger partial charge in [-0.05, 0) is 37.5 Å². The van der Waals surface area contributed by atoms with Crippen molar-refractivity contribution in [1.29, 1.82) is 0 Å². The van der Waals surface area contributed by atoms with E-state index in [1.807, 2.05) is 0 Å². The summed E-state index contributed by atoms with van der Waals surface area (Å²) in [6.45, 7) is 10.1. The fourth-order valence-electron chi connectivity index (χ4n) is 7.05. The number of rotatable bonds is 9. The lowest BCUT2D eigenvalue weighted by molar-refractivity contribution is 0.655. The molecular formula is C36H39N3. The van der Waals surface area contributed by atoms with Gasteiger partial charge in [-0.3, -0.25) is 0 Å². The lowest BCUT2D eigenvalue weighted by Gasteiger charge is -2.13. The monoisotopic (exact) mass is 513 g/mol. The fourth-order valence-corrected chi connectivity index (χ4v) is 7.05. The van der Waals surface area contributed by atoms with Crippen LogP contribution in [0.4, 0.5) is 0 Å². The third-order valence-corrected chi connectivity index (χ3v) is 8.83. The largest absolute Gasteiger partial charge is 0.340 e. The summed E-state index contributed by atoms with van der Waals surface area (Å²) in [4.78, 5) is 0. The van der Waals surface area contributed by atoms with E-state index in [9.17, 15) is 0 Å². The van der Waals surface area contributed by atoms with E-state index in [4.69, 9.17) is 0 Å². The summed E-state index contributed by atoms with van der Waals surface area (Å²) in [6, 6.07) is 27.5. The minimum absolute atomic E-state index is 1.05. The highest BCUT2D eigenvalue weighted by Crippen LogP contribution is 2.48. The molecule has 0 aliphatic rings. The molecule has 0 spiro atoms. The van der Waals surface area contributed by atoms with Crippen molar-refractivity contribution in [3.8, 4) is 0 Å². The van der Waals surface area contributed by atoms with E-state index in [-0.39, 0.29) is 0 Å². The van der Waals surface area contributed by atoms with Gasteiger partial charge in [-0.25, -0.2) is 0 Å². The van der Waals surface area contributed by atoms with E-state index in [0.717, 1.165) is 19.6 Å². The molecule has 3 heteroatoms. The van der Waals surface area contributed by atoms with Gasteiger partial charge in [0, 0.05) is 68.5 Å². The second kappa shape index (κ2) is 9.79. The molecule has 0 fully saturated rings. The molecule has 39 heavy (non-hydrogen) atoms. The Kier molecular flexibility index (Phi) is 6.11. The van der Waals surface area contributed by atoms with Gasteiger partial charge in [-0.15, -0.1) is 0 Å². The van der Waals surface area contributed by atoms with Crippen LogP contribution in [0.1, 0.15) is 59.3 Å². The maximum absolute atomic E-state index is 2.67. The maximum Gasteiger partial charge on any atom is 0.0760 e. The number of para-hydroxylation sites is 3. The second-order valence-corrected chi connectivity index (χ2v) is 11.2. The van der Waals surface area contributed by atoms with Gasteiger partial charge in [0.05, 0.1) is 16.6 Å². The van der Waals surface area contributed by atoms with Crippen LogP contribution < -0.4 is 0 Å². The normalized spacial score (nSPS) is 12.4. The van der Waals surface area contributed by atoms with Gasteiger partial charge >= 0.3 is 0 Å². The van der Waals surface area contributed by atoms with E-state index in [0.29, 0.717) is 0 Å². The molecule has 3 nitrogen and oxygen atoms in total. The van der Waals surface area contributed by atoms with Crippen molar-refractivity contribution in [1.82, 2.24) is 13.7 Å². The number of aryl methyl sites for hydroxylation is 3. The summed E-state index contributed by atoms with van der Waals surface area (Å²) in [5.74, 6) is 0. The Labute approximate surface area is 230 Å². The molecule has 198 valence electrons. The molecule has 0 saturated heterocycles. The van der Waals surface area contributed by atoms with Gasteiger partial charge < -0.3 is 13.7 Å². The minimum Gasteiger partial charge on any atom is -0.340 e. The molecular weight excluding hydrogens is 474 g/mol. The topological polar surface area (TPSA) is 14.8 Å². The van der Waals surface area contributed by atoms with Gasteiger partial charge in [0.15, 0.2) is 0 Å². The number of hydrogen-bond donors (Lipinski definition) is 0. The highest BCUT2D eigenvalue weighted by Gasteiger charge is 2.26. The second-order valence-electron chi connectivity index (χ2n) is 11.2. The molecule has 0 unspecified atom stereocenters. The first kappa shape index (κ1) is 24.3. The van der Waals surface area contributed by atoms with Crippen LogP contribution in [0.25, 0.3) is 65.4 Å². The number of benzene rings is 4. The first-order chi connectivity index (χ1) is 19.3. The lowest BCUT2D eigenvalue weighted by atomic mass is 10.0. The summed E-state index contributed by atoms with van der Waals surface area (Å²) in [5.41, 5.74) is 8.39. The highest BCUT2D eigenvalue weighted by molar-refractivity contribution is 6.39.